The van der Waals surface area contributed by atoms with E-state index in [0.717, 1.165) is 30.2 Å². The van der Waals surface area contributed by atoms with Crippen LogP contribution in [0.4, 0.5) is 0 Å². The molecule has 0 bridgehead atoms. The highest BCUT2D eigenvalue weighted by molar-refractivity contribution is 7.90. The van der Waals surface area contributed by atoms with Gasteiger partial charge in [-0.25, -0.2) is 13.4 Å². The van der Waals surface area contributed by atoms with Gasteiger partial charge in [-0.15, -0.1) is 6.58 Å². The molecule has 5 atom stereocenters. The van der Waals surface area contributed by atoms with Crippen LogP contribution in [0, 0.1) is 22.7 Å². The van der Waals surface area contributed by atoms with Gasteiger partial charge in [-0.05, 0) is 62.0 Å². The number of ether oxygens (including phenoxy) is 2. The first kappa shape index (κ1) is 40.4. The number of nitrogens with zero attached hydrogens (tertiary/aromatic N) is 3. The maximum Gasteiger partial charge on any atom is 0.240 e. The Morgan fingerprint density at radius 3 is 2.39 bits per heavy atom. The summed E-state index contributed by atoms with van der Waals surface area (Å²) in [7, 11) is -2.27. The number of sulfonamides is 1. The lowest BCUT2D eigenvalue weighted by Gasteiger charge is -2.36. The Bertz CT molecular complexity index is 2160. The molecule has 4 fully saturated rings. The fraction of sp³-hybridized carbons (Fsp3) is 0.523. The molecule has 0 radical (unpaired) electrons. The number of Topliss-reactive ketones (excluding diaryl/α,β-unsaturated/α-hetero) is 1. The highest BCUT2D eigenvalue weighted by atomic mass is 32.2. The molecule has 2 aliphatic carbocycles. The SMILES string of the molecule is C=C[C@@H]1C[C@]1(CC(=O)[C@H]1C[C@@H](Oc2cc(-c3ccccc3)nc3cc(OC)ccc23)CN1C(=O)[C@H](CC(=O)N1CCCCC1)C(C)(C)C)C(=O)NS(=O)(=O)C1CC1. The maximum atomic E-state index is 14.9. The van der Waals surface area contributed by atoms with Gasteiger partial charge in [-0.1, -0.05) is 57.2 Å². The van der Waals surface area contributed by atoms with Gasteiger partial charge in [-0.3, -0.25) is 23.9 Å². The van der Waals surface area contributed by atoms with Crippen molar-refractivity contribution >= 4 is 44.4 Å². The highest BCUT2D eigenvalue weighted by Gasteiger charge is 2.61. The van der Waals surface area contributed by atoms with E-state index in [1.807, 2.05) is 80.3 Å². The number of rotatable bonds is 14. The van der Waals surface area contributed by atoms with Crippen LogP contribution in [-0.2, 0) is 29.2 Å². The van der Waals surface area contributed by atoms with E-state index in [1.54, 1.807) is 18.1 Å². The molecule has 13 heteroatoms. The van der Waals surface area contributed by atoms with Gasteiger partial charge < -0.3 is 19.3 Å². The van der Waals surface area contributed by atoms with E-state index in [1.165, 1.54) is 0 Å². The van der Waals surface area contributed by atoms with Crippen LogP contribution in [0.3, 0.4) is 0 Å². The lowest BCUT2D eigenvalue weighted by atomic mass is 9.77. The molecule has 0 unspecified atom stereocenters. The normalized spacial score (nSPS) is 24.1. The molecule has 1 N–H and O–H groups in total. The van der Waals surface area contributed by atoms with Crippen LogP contribution in [0.2, 0.25) is 0 Å². The van der Waals surface area contributed by atoms with E-state index in [2.05, 4.69) is 11.3 Å². The number of nitrogens with one attached hydrogen (secondary N) is 1. The fourth-order valence-corrected chi connectivity index (χ4v) is 9.87. The first-order chi connectivity index (χ1) is 27.1. The zero-order valence-corrected chi connectivity index (χ0v) is 34.2. The number of ketones is 1. The second-order valence-electron chi connectivity index (χ2n) is 17.3. The summed E-state index contributed by atoms with van der Waals surface area (Å²) >= 11 is 0. The van der Waals surface area contributed by atoms with Crippen LogP contribution in [0.5, 0.6) is 11.5 Å². The number of fused-ring (bicyclic) bond motifs is 1. The van der Waals surface area contributed by atoms with Crippen molar-refractivity contribution in [3.8, 4) is 22.8 Å². The average molecular weight is 799 g/mol. The van der Waals surface area contributed by atoms with E-state index in [9.17, 15) is 27.6 Å². The summed E-state index contributed by atoms with van der Waals surface area (Å²) in [4.78, 5) is 65.2. The van der Waals surface area contributed by atoms with Gasteiger partial charge in [0.05, 0.1) is 47.5 Å². The third-order valence-electron chi connectivity index (χ3n) is 12.2. The molecule has 3 amide bonds. The zero-order valence-electron chi connectivity index (χ0n) is 33.4. The summed E-state index contributed by atoms with van der Waals surface area (Å²) in [6.07, 6.45) is 5.01. The molecule has 0 spiro atoms. The predicted molar refractivity (Wildman–Crippen MR) is 217 cm³/mol. The lowest BCUT2D eigenvalue weighted by Crippen LogP contribution is -2.49. The van der Waals surface area contributed by atoms with E-state index >= 15 is 0 Å². The molecule has 3 heterocycles. The number of aromatic nitrogens is 1. The van der Waals surface area contributed by atoms with Crippen LogP contribution in [0.15, 0.2) is 67.3 Å². The summed E-state index contributed by atoms with van der Waals surface area (Å²) in [6, 6.07) is 16.1. The van der Waals surface area contributed by atoms with Gasteiger partial charge in [0.15, 0.2) is 5.78 Å². The van der Waals surface area contributed by atoms with Crippen molar-refractivity contribution in [1.29, 1.82) is 0 Å². The Labute approximate surface area is 335 Å². The van der Waals surface area contributed by atoms with Crippen molar-refractivity contribution < 1.29 is 37.1 Å². The molecule has 12 nitrogen and oxygen atoms in total. The van der Waals surface area contributed by atoms with E-state index in [0.29, 0.717) is 48.6 Å². The minimum absolute atomic E-state index is 0.00639. The Hall–Kier alpha value is -4.78. The topological polar surface area (TPSA) is 152 Å². The third-order valence-corrected chi connectivity index (χ3v) is 14.1. The van der Waals surface area contributed by atoms with Crippen LogP contribution in [0.1, 0.15) is 78.6 Å². The molecule has 2 saturated heterocycles. The monoisotopic (exact) mass is 798 g/mol. The minimum Gasteiger partial charge on any atom is -0.497 e. The second-order valence-corrected chi connectivity index (χ2v) is 19.3. The number of carbonyl (C=O) groups is 4. The first-order valence-corrected chi connectivity index (χ1v) is 21.7. The molecule has 57 heavy (non-hydrogen) atoms. The number of methoxy groups -OCH3 is 1. The van der Waals surface area contributed by atoms with Crippen LogP contribution >= 0.6 is 0 Å². The first-order valence-electron chi connectivity index (χ1n) is 20.1. The van der Waals surface area contributed by atoms with E-state index < -0.39 is 56.0 Å². The molecule has 304 valence electrons. The predicted octanol–water partition coefficient (Wildman–Crippen LogP) is 6.08. The van der Waals surface area contributed by atoms with Gasteiger partial charge in [0.25, 0.3) is 0 Å². The number of piperidine rings is 1. The smallest absolute Gasteiger partial charge is 0.240 e. The maximum absolute atomic E-state index is 14.9. The number of allylic oxidation sites excluding steroid dienone is 1. The summed E-state index contributed by atoms with van der Waals surface area (Å²) in [5, 5.41) is 0.118. The number of pyridine rings is 1. The summed E-state index contributed by atoms with van der Waals surface area (Å²) in [5.41, 5.74) is 0.289. The standard InChI is InChI=1S/C44H54N4O8S/c1-6-29-25-44(29,42(52)46-57(53,54)32-16-17-32)26-38(49)37-22-31(27-48(37)41(51)34(43(2,3)4)23-40(50)47-19-11-8-12-20-47)56-39-24-35(28-13-9-7-10-14-28)45-36-21-30(55-5)15-18-33(36)39/h6-7,9-10,13-15,18,21,24,29,31-32,34,37H,1,8,11-12,16-17,19-20,22-23,25-27H2,2-5H3,(H,46,52)/t29-,31-,34+,37-,44-/m1/s1. The Morgan fingerprint density at radius 2 is 1.75 bits per heavy atom. The summed E-state index contributed by atoms with van der Waals surface area (Å²) in [5.74, 6) is -1.44. The van der Waals surface area contributed by atoms with Crippen molar-refractivity contribution in [3.05, 3.63) is 67.3 Å². The number of amides is 3. The lowest BCUT2D eigenvalue weighted by molar-refractivity contribution is -0.148. The molecule has 7 rings (SSSR count). The van der Waals surface area contributed by atoms with Crippen LogP contribution in [-0.4, -0.2) is 90.8 Å². The second kappa shape index (κ2) is 15.9. The van der Waals surface area contributed by atoms with Crippen molar-refractivity contribution in [3.63, 3.8) is 0 Å². The van der Waals surface area contributed by atoms with Crippen molar-refractivity contribution in [2.24, 2.45) is 22.7 Å². The summed E-state index contributed by atoms with van der Waals surface area (Å²) < 4.78 is 40.2. The third kappa shape index (κ3) is 8.59. The van der Waals surface area contributed by atoms with Crippen molar-refractivity contribution in [2.75, 3.05) is 26.7 Å². The van der Waals surface area contributed by atoms with E-state index in [-0.39, 0.29) is 49.8 Å². The number of hydrogen-bond donors (Lipinski definition) is 1. The Balaban J connectivity index is 1.21. The van der Waals surface area contributed by atoms with Crippen molar-refractivity contribution in [2.45, 2.75) is 96.0 Å². The van der Waals surface area contributed by atoms with Gasteiger partial charge >= 0.3 is 0 Å². The molecule has 2 saturated carbocycles. The fourth-order valence-electron chi connectivity index (χ4n) is 8.49. The van der Waals surface area contributed by atoms with Gasteiger partial charge in [0.2, 0.25) is 27.7 Å². The Kier molecular flexibility index (Phi) is 11.3. The molecular weight excluding hydrogens is 745 g/mol. The molecule has 4 aliphatic rings. The number of likely N-dealkylation sites (tertiary alicyclic amines) is 2. The van der Waals surface area contributed by atoms with Crippen LogP contribution in [0.25, 0.3) is 22.2 Å². The largest absolute Gasteiger partial charge is 0.497 e. The quantitative estimate of drug-likeness (QED) is 0.191. The van der Waals surface area contributed by atoms with Gasteiger partial charge in [0, 0.05) is 55.4 Å². The highest BCUT2D eigenvalue weighted by Crippen LogP contribution is 2.57. The molecule has 3 aromatic rings. The average Bonchev–Trinajstić information content (AvgIpc) is 4.13. The number of benzene rings is 2. The molecular formula is C44H54N4O8S. The molecule has 1 aromatic heterocycles. The molecule has 2 aromatic carbocycles. The van der Waals surface area contributed by atoms with Crippen LogP contribution < -0.4 is 14.2 Å². The molecule has 2 aliphatic heterocycles. The number of carbonyl (C=O) groups excluding carboxylic acids is 4. The van der Waals surface area contributed by atoms with Crippen molar-refractivity contribution in [1.82, 2.24) is 19.5 Å². The number of hydrogen-bond acceptors (Lipinski definition) is 9. The minimum atomic E-state index is -3.86. The zero-order chi connectivity index (χ0) is 40.7. The Morgan fingerprint density at radius 1 is 1.04 bits per heavy atom. The van der Waals surface area contributed by atoms with Gasteiger partial charge in [0.1, 0.15) is 17.6 Å². The van der Waals surface area contributed by atoms with Gasteiger partial charge in [-0.2, -0.15) is 0 Å². The summed E-state index contributed by atoms with van der Waals surface area (Å²) in [6.45, 7) is 11.0. The van der Waals surface area contributed by atoms with E-state index in [4.69, 9.17) is 14.5 Å².